The minimum absolute atomic E-state index is 0.104. The number of rotatable bonds is 63. The molecule has 5 unspecified atom stereocenters. The summed E-state index contributed by atoms with van der Waals surface area (Å²) in [4.78, 5) is 58.3. The van der Waals surface area contributed by atoms with E-state index in [0.717, 1.165) is 141 Å². The first-order chi connectivity index (χ1) is 42.2. The average molecular weight is 1270 g/mol. The predicted octanol–water partition coefficient (Wildman–Crippen LogP) is 18.3. The Balaban J connectivity index is 4.70. The van der Waals surface area contributed by atoms with Crippen LogP contribution in [0.5, 0.6) is 0 Å². The van der Waals surface area contributed by atoms with Crippen molar-refractivity contribution in [3.63, 3.8) is 0 Å². The molecule has 0 aromatic heterocycles. The molecule has 0 aliphatic heterocycles. The number of aliphatic hydroxyl groups excluding tert-OH is 2. The highest BCUT2D eigenvalue weighted by Gasteiger charge is 2.29. The molecule has 0 aromatic carbocycles. The molecule has 4 N–H and O–H groups in total. The van der Waals surface area contributed by atoms with Crippen molar-refractivity contribution < 1.29 is 75.8 Å². The first-order valence-corrected chi connectivity index (χ1v) is 36.5. The van der Waals surface area contributed by atoms with Crippen molar-refractivity contribution in [2.45, 2.75) is 283 Å². The summed E-state index contributed by atoms with van der Waals surface area (Å²) in [5.74, 6) is -1.61. The Bertz CT molecular complexity index is 1980. The Labute approximate surface area is 527 Å². The number of phosphoric ester groups is 2. The largest absolute Gasteiger partial charge is 0.472 e. The maximum atomic E-state index is 12.9. The van der Waals surface area contributed by atoms with Crippen molar-refractivity contribution >= 4 is 33.6 Å². The van der Waals surface area contributed by atoms with Gasteiger partial charge in [0.2, 0.25) is 0 Å². The molecule has 0 aliphatic rings. The van der Waals surface area contributed by atoms with E-state index in [1.165, 1.54) is 64.2 Å². The van der Waals surface area contributed by atoms with Crippen molar-refractivity contribution in [1.29, 1.82) is 0 Å². The average Bonchev–Trinajstić information content (AvgIpc) is 3.68. The molecule has 0 saturated carbocycles. The van der Waals surface area contributed by atoms with Crippen LogP contribution in [-0.2, 0) is 55.8 Å². The van der Waals surface area contributed by atoms with E-state index in [9.17, 15) is 43.5 Å². The monoisotopic (exact) mass is 1270 g/mol. The Morgan fingerprint density at radius 3 is 0.977 bits per heavy atom. The van der Waals surface area contributed by atoms with Crippen LogP contribution in [0.4, 0.5) is 0 Å². The van der Waals surface area contributed by atoms with Crippen LogP contribution in [0.25, 0.3) is 0 Å². The van der Waals surface area contributed by atoms with Crippen molar-refractivity contribution in [2.75, 3.05) is 39.6 Å². The Morgan fingerprint density at radius 1 is 0.333 bits per heavy atom. The third kappa shape index (κ3) is 63.8. The summed E-state index contributed by atoms with van der Waals surface area (Å²) in [6.45, 7) is 2.40. The molecule has 0 aliphatic carbocycles. The van der Waals surface area contributed by atoms with Gasteiger partial charge in [-0.15, -0.1) is 0 Å². The highest BCUT2D eigenvalue weighted by atomic mass is 31.2. The number of phosphoric acid groups is 2. The van der Waals surface area contributed by atoms with Gasteiger partial charge in [-0.3, -0.25) is 32.5 Å². The molecule has 0 spiro atoms. The molecule has 5 atom stereocenters. The van der Waals surface area contributed by atoms with E-state index >= 15 is 0 Å². The Morgan fingerprint density at radius 2 is 0.609 bits per heavy atom. The molecule has 0 rings (SSSR count). The fourth-order valence-corrected chi connectivity index (χ4v) is 10.3. The molecule has 16 nitrogen and oxygen atoms in total. The van der Waals surface area contributed by atoms with Gasteiger partial charge in [0.15, 0.2) is 6.10 Å². The van der Waals surface area contributed by atoms with Crippen LogP contribution in [0.2, 0.25) is 0 Å². The van der Waals surface area contributed by atoms with Crippen LogP contribution in [0.3, 0.4) is 0 Å². The van der Waals surface area contributed by atoms with Gasteiger partial charge in [0.1, 0.15) is 25.4 Å². The fourth-order valence-electron chi connectivity index (χ4n) is 8.73. The smallest absolute Gasteiger partial charge is 0.463 e. The summed E-state index contributed by atoms with van der Waals surface area (Å²) in [6, 6.07) is 0. The van der Waals surface area contributed by atoms with Crippen molar-refractivity contribution in [2.24, 2.45) is 0 Å². The molecule has 0 aromatic rings. The lowest BCUT2D eigenvalue weighted by Crippen LogP contribution is -2.30. The fraction of sp³-hybridized carbons (Fsp3) is 0.725. The molecule has 0 heterocycles. The summed E-state index contributed by atoms with van der Waals surface area (Å²) in [5, 5.41) is 20.5. The highest BCUT2D eigenvalue weighted by Crippen LogP contribution is 2.45. The van der Waals surface area contributed by atoms with Gasteiger partial charge >= 0.3 is 33.6 Å². The lowest BCUT2D eigenvalue weighted by Gasteiger charge is -2.21. The lowest BCUT2D eigenvalue weighted by molar-refractivity contribution is -0.161. The first kappa shape index (κ1) is 83.5. The van der Waals surface area contributed by atoms with Crippen molar-refractivity contribution in [3.05, 3.63) is 97.2 Å². The lowest BCUT2D eigenvalue weighted by atomic mass is 10.0. The van der Waals surface area contributed by atoms with Crippen molar-refractivity contribution in [3.8, 4) is 0 Å². The van der Waals surface area contributed by atoms with E-state index in [1.807, 2.05) is 0 Å². The van der Waals surface area contributed by atoms with Crippen molar-refractivity contribution in [1.82, 2.24) is 0 Å². The van der Waals surface area contributed by atoms with Gasteiger partial charge in [-0.25, -0.2) is 9.13 Å². The van der Waals surface area contributed by atoms with Crippen LogP contribution in [0.1, 0.15) is 265 Å². The van der Waals surface area contributed by atoms with E-state index in [2.05, 4.69) is 118 Å². The van der Waals surface area contributed by atoms with Gasteiger partial charge in [0, 0.05) is 19.3 Å². The third-order valence-corrected chi connectivity index (χ3v) is 15.7. The molecule has 0 bridgehead atoms. The molecule has 502 valence electrons. The van der Waals surface area contributed by atoms with E-state index < -0.39 is 91.5 Å². The molecular weight excluding hydrogens is 1150 g/mol. The molecule has 18 heteroatoms. The standard InChI is InChI=1S/C69H120O16P2/c1-4-7-10-13-16-19-22-25-28-30-31-33-36-37-40-43-46-49-52-55-67(72)79-58-64(70)59-81-86(75,76)82-60-65(71)61-83-87(77,78)84-63-66(85-69(74)57-54-51-48-45-42-39-34-27-24-21-18-15-12-9-6-3)62-80-68(73)56-53-50-47-44-41-38-35-32-29-26-23-20-17-14-11-8-5-2/h7-8,10-11,16-17,19-20,25-26,28-29,31,33,37,40,64-66,70-71H,4-6,9,12-15,18,21-24,27,30,32,34-36,38-39,41-63H2,1-3H3,(H,75,76)(H,77,78)/b10-7-,11-8-,19-16-,20-17-,28-25-,29-26-,33-31-,40-37-. The topological polar surface area (TPSA) is 231 Å². The minimum Gasteiger partial charge on any atom is -0.463 e. The SMILES string of the molecule is CC/C=C\C/C=C\C/C=C\C/C=C\C/C=C\CCCCCC(=O)OCC(O)COP(=O)(O)OCC(O)COP(=O)(O)OCC(COC(=O)CCCCCCCCC/C=C\C/C=C\C/C=C\CC)OC(=O)CCCCCCCCCCCCCCCCC. The molecular formula is C69H120O16P2. The molecule has 87 heavy (non-hydrogen) atoms. The number of esters is 3. The maximum absolute atomic E-state index is 12.9. The van der Waals surface area contributed by atoms with E-state index in [1.54, 1.807) is 0 Å². The first-order valence-electron chi connectivity index (χ1n) is 33.5. The van der Waals surface area contributed by atoms with Gasteiger partial charge < -0.3 is 34.2 Å². The van der Waals surface area contributed by atoms with Crippen LogP contribution in [0.15, 0.2) is 97.2 Å². The number of carbonyl (C=O) groups is 3. The predicted molar refractivity (Wildman–Crippen MR) is 353 cm³/mol. The molecule has 0 saturated heterocycles. The number of carbonyl (C=O) groups excluding carboxylic acids is 3. The van der Waals surface area contributed by atoms with E-state index in [0.29, 0.717) is 19.3 Å². The van der Waals surface area contributed by atoms with Crippen LogP contribution < -0.4 is 0 Å². The number of hydrogen-bond acceptors (Lipinski definition) is 14. The summed E-state index contributed by atoms with van der Waals surface area (Å²) in [7, 11) is -9.78. The van der Waals surface area contributed by atoms with E-state index in [4.69, 9.17) is 32.3 Å². The third-order valence-electron chi connectivity index (χ3n) is 13.8. The van der Waals surface area contributed by atoms with Gasteiger partial charge in [0.25, 0.3) is 0 Å². The highest BCUT2D eigenvalue weighted by molar-refractivity contribution is 7.47. The number of hydrogen-bond donors (Lipinski definition) is 4. The van der Waals surface area contributed by atoms with Crippen LogP contribution >= 0.6 is 15.6 Å². The van der Waals surface area contributed by atoms with Gasteiger partial charge in [-0.2, -0.15) is 0 Å². The summed E-state index contributed by atoms with van der Waals surface area (Å²) >= 11 is 0. The zero-order valence-electron chi connectivity index (χ0n) is 54.2. The second-order valence-corrected chi connectivity index (χ2v) is 25.1. The zero-order chi connectivity index (χ0) is 63.8. The number of aliphatic hydroxyl groups is 2. The quantitative estimate of drug-likeness (QED) is 0.0146. The number of allylic oxidation sites excluding steroid dienone is 16. The summed E-state index contributed by atoms with van der Waals surface area (Å²) < 4.78 is 60.8. The van der Waals surface area contributed by atoms with E-state index in [-0.39, 0.29) is 19.3 Å². The number of unbranched alkanes of at least 4 members (excludes halogenated alkanes) is 24. The number of ether oxygens (including phenoxy) is 3. The van der Waals surface area contributed by atoms with Crippen LogP contribution in [0, 0.1) is 0 Å². The molecule has 0 fully saturated rings. The molecule has 0 radical (unpaired) electrons. The second-order valence-electron chi connectivity index (χ2n) is 22.2. The summed E-state index contributed by atoms with van der Waals surface area (Å²) in [5.41, 5.74) is 0. The van der Waals surface area contributed by atoms with Gasteiger partial charge in [-0.05, 0) is 96.3 Å². The maximum Gasteiger partial charge on any atom is 0.472 e. The molecule has 0 amide bonds. The van der Waals surface area contributed by atoms with Crippen LogP contribution in [-0.4, -0.2) is 95.9 Å². The Hall–Kier alpha value is -3.53. The van der Waals surface area contributed by atoms with Gasteiger partial charge in [0.05, 0.1) is 26.4 Å². The van der Waals surface area contributed by atoms with Gasteiger partial charge in [-0.1, -0.05) is 246 Å². The zero-order valence-corrected chi connectivity index (χ0v) is 56.0. The normalized spacial score (nSPS) is 14.9. The Kier molecular flexibility index (Phi) is 60.1. The minimum atomic E-state index is -4.93. The summed E-state index contributed by atoms with van der Waals surface area (Å²) in [6.07, 6.45) is 67.4. The second kappa shape index (κ2) is 62.7.